The molecule has 0 aromatic rings. The van der Waals surface area contributed by atoms with Crippen LogP contribution in [-0.2, 0) is 14.3 Å². The molecule has 2 aliphatic rings. The van der Waals surface area contributed by atoms with Crippen LogP contribution >= 0.6 is 0 Å². The third-order valence-corrected chi connectivity index (χ3v) is 4.78. The fraction of sp³-hybridized carbons (Fsp3) is 0.882. The van der Waals surface area contributed by atoms with E-state index in [1.54, 1.807) is 0 Å². The van der Waals surface area contributed by atoms with Crippen LogP contribution in [0.5, 0.6) is 0 Å². The molecule has 0 spiro atoms. The van der Waals surface area contributed by atoms with Gasteiger partial charge in [0.2, 0.25) is 11.8 Å². The Bertz CT molecular complexity index is 383. The van der Waals surface area contributed by atoms with Crippen molar-refractivity contribution in [2.45, 2.75) is 57.4 Å². The largest absolute Gasteiger partial charge is 0.378 e. The summed E-state index contributed by atoms with van der Waals surface area (Å²) < 4.78 is 5.31. The van der Waals surface area contributed by atoms with Gasteiger partial charge in [-0.3, -0.25) is 9.59 Å². The van der Waals surface area contributed by atoms with Gasteiger partial charge in [-0.1, -0.05) is 12.8 Å². The Morgan fingerprint density at radius 3 is 2.48 bits per heavy atom. The normalized spacial score (nSPS) is 22.2. The van der Waals surface area contributed by atoms with Gasteiger partial charge in [0.15, 0.2) is 0 Å². The predicted molar refractivity (Wildman–Crippen MR) is 88.9 cm³/mol. The first kappa shape index (κ1) is 18.2. The van der Waals surface area contributed by atoms with E-state index in [1.807, 2.05) is 9.80 Å². The molecule has 1 atom stereocenters. The molecule has 0 bridgehead atoms. The van der Waals surface area contributed by atoms with Crippen molar-refractivity contribution in [1.29, 1.82) is 0 Å². The van der Waals surface area contributed by atoms with Crippen molar-refractivity contribution >= 4 is 11.8 Å². The number of morpholine rings is 1. The number of nitrogens with two attached hydrogens (primary N) is 1. The van der Waals surface area contributed by atoms with Crippen LogP contribution in [0.3, 0.4) is 0 Å². The number of unbranched alkanes of at least 4 members (excludes halogenated alkanes) is 3. The van der Waals surface area contributed by atoms with Crippen molar-refractivity contribution in [1.82, 2.24) is 9.80 Å². The van der Waals surface area contributed by atoms with Gasteiger partial charge in [0, 0.05) is 26.1 Å². The fourth-order valence-electron chi connectivity index (χ4n) is 3.40. The lowest BCUT2D eigenvalue weighted by Crippen LogP contribution is -2.55. The Hall–Kier alpha value is -1.14. The lowest BCUT2D eigenvalue weighted by Gasteiger charge is -2.38. The van der Waals surface area contributed by atoms with Crippen molar-refractivity contribution < 1.29 is 14.3 Å². The molecule has 6 heteroatoms. The lowest BCUT2D eigenvalue weighted by molar-refractivity contribution is -0.150. The highest BCUT2D eigenvalue weighted by Gasteiger charge is 2.34. The maximum Gasteiger partial charge on any atom is 0.245 e. The summed E-state index contributed by atoms with van der Waals surface area (Å²) >= 11 is 0. The summed E-state index contributed by atoms with van der Waals surface area (Å²) in [6.07, 6.45) is 7.43. The topological polar surface area (TPSA) is 75.9 Å². The zero-order valence-electron chi connectivity index (χ0n) is 14.2. The van der Waals surface area contributed by atoms with Gasteiger partial charge in [0.25, 0.3) is 0 Å². The first-order chi connectivity index (χ1) is 11.2. The van der Waals surface area contributed by atoms with Crippen molar-refractivity contribution in [3.05, 3.63) is 0 Å². The Kier molecular flexibility index (Phi) is 7.82. The highest BCUT2D eigenvalue weighted by atomic mass is 16.5. The van der Waals surface area contributed by atoms with E-state index in [9.17, 15) is 9.59 Å². The Labute approximate surface area is 139 Å². The van der Waals surface area contributed by atoms with Crippen LogP contribution in [0, 0.1) is 0 Å². The Morgan fingerprint density at radius 2 is 1.74 bits per heavy atom. The summed E-state index contributed by atoms with van der Waals surface area (Å²) in [6, 6.07) is -0.251. The van der Waals surface area contributed by atoms with Crippen molar-refractivity contribution in [3.8, 4) is 0 Å². The SMILES string of the molecule is NCCCCCCC(=O)N1CCCCC1C(=O)N1CCOCC1. The van der Waals surface area contributed by atoms with Crippen molar-refractivity contribution in [2.75, 3.05) is 39.4 Å². The highest BCUT2D eigenvalue weighted by molar-refractivity contribution is 5.88. The quantitative estimate of drug-likeness (QED) is 0.712. The third kappa shape index (κ3) is 5.46. The fourth-order valence-corrected chi connectivity index (χ4v) is 3.40. The minimum absolute atomic E-state index is 0.115. The molecule has 1 unspecified atom stereocenters. The number of piperidine rings is 1. The van der Waals surface area contributed by atoms with Crippen molar-refractivity contribution in [3.63, 3.8) is 0 Å². The van der Waals surface area contributed by atoms with Gasteiger partial charge in [-0.25, -0.2) is 0 Å². The number of amides is 2. The number of hydrogen-bond acceptors (Lipinski definition) is 4. The average Bonchev–Trinajstić information content (AvgIpc) is 2.61. The van der Waals surface area contributed by atoms with E-state index in [0.29, 0.717) is 32.7 Å². The van der Waals surface area contributed by atoms with Crippen LogP contribution < -0.4 is 5.73 Å². The third-order valence-electron chi connectivity index (χ3n) is 4.78. The monoisotopic (exact) mass is 325 g/mol. The van der Waals surface area contributed by atoms with Crippen LogP contribution in [0.25, 0.3) is 0 Å². The Balaban J connectivity index is 1.84. The van der Waals surface area contributed by atoms with E-state index in [1.165, 1.54) is 0 Å². The summed E-state index contributed by atoms with van der Waals surface area (Å²) in [4.78, 5) is 29.0. The van der Waals surface area contributed by atoms with Gasteiger partial charge in [-0.2, -0.15) is 0 Å². The molecule has 0 aliphatic carbocycles. The van der Waals surface area contributed by atoms with Crippen LogP contribution in [0.15, 0.2) is 0 Å². The van der Waals surface area contributed by atoms with Crippen LogP contribution in [-0.4, -0.2) is 67.0 Å². The Morgan fingerprint density at radius 1 is 1.00 bits per heavy atom. The van der Waals surface area contributed by atoms with Crippen molar-refractivity contribution in [2.24, 2.45) is 5.73 Å². The molecule has 0 radical (unpaired) electrons. The molecule has 2 aliphatic heterocycles. The number of carbonyl (C=O) groups is 2. The van der Waals surface area contributed by atoms with E-state index < -0.39 is 0 Å². The minimum Gasteiger partial charge on any atom is -0.378 e. The maximum absolute atomic E-state index is 12.7. The number of ether oxygens (including phenoxy) is 1. The number of rotatable bonds is 7. The molecule has 23 heavy (non-hydrogen) atoms. The number of carbonyl (C=O) groups excluding carboxylic acids is 2. The maximum atomic E-state index is 12.7. The molecular formula is C17H31N3O3. The van der Waals surface area contributed by atoms with E-state index in [4.69, 9.17) is 10.5 Å². The summed E-state index contributed by atoms with van der Waals surface area (Å²) in [5.74, 6) is 0.258. The van der Waals surface area contributed by atoms with Crippen LogP contribution in [0.1, 0.15) is 51.4 Å². The summed E-state index contributed by atoms with van der Waals surface area (Å²) in [6.45, 7) is 3.95. The second-order valence-electron chi connectivity index (χ2n) is 6.49. The minimum atomic E-state index is -0.251. The van der Waals surface area contributed by atoms with Gasteiger partial charge < -0.3 is 20.3 Å². The molecule has 2 heterocycles. The molecule has 2 amide bonds. The van der Waals surface area contributed by atoms with E-state index in [-0.39, 0.29) is 17.9 Å². The van der Waals surface area contributed by atoms with E-state index >= 15 is 0 Å². The van der Waals surface area contributed by atoms with Gasteiger partial charge >= 0.3 is 0 Å². The number of nitrogens with zero attached hydrogens (tertiary/aromatic N) is 2. The standard InChI is InChI=1S/C17H31N3O3/c18-9-5-2-1-3-8-16(21)20-10-6-4-7-15(20)17(22)19-11-13-23-14-12-19/h15H,1-14,18H2. The first-order valence-electron chi connectivity index (χ1n) is 9.10. The summed E-state index contributed by atoms with van der Waals surface area (Å²) in [7, 11) is 0. The molecule has 0 aromatic carbocycles. The van der Waals surface area contributed by atoms with Gasteiger partial charge in [-0.15, -0.1) is 0 Å². The van der Waals surface area contributed by atoms with Gasteiger partial charge in [0.1, 0.15) is 6.04 Å². The highest BCUT2D eigenvalue weighted by Crippen LogP contribution is 2.21. The predicted octanol–water partition coefficient (Wildman–Crippen LogP) is 1.14. The summed E-state index contributed by atoms with van der Waals surface area (Å²) in [5, 5.41) is 0. The molecule has 2 fully saturated rings. The van der Waals surface area contributed by atoms with Gasteiger partial charge in [-0.05, 0) is 38.6 Å². The molecule has 2 saturated heterocycles. The van der Waals surface area contributed by atoms with E-state index in [2.05, 4.69) is 0 Å². The molecule has 132 valence electrons. The molecule has 0 aromatic heterocycles. The molecular weight excluding hydrogens is 294 g/mol. The zero-order valence-corrected chi connectivity index (χ0v) is 14.2. The molecule has 0 saturated carbocycles. The van der Waals surface area contributed by atoms with Crippen LogP contribution in [0.2, 0.25) is 0 Å². The smallest absolute Gasteiger partial charge is 0.245 e. The molecule has 6 nitrogen and oxygen atoms in total. The first-order valence-corrected chi connectivity index (χ1v) is 9.10. The number of likely N-dealkylation sites (tertiary alicyclic amines) is 1. The second kappa shape index (κ2) is 9.88. The second-order valence-corrected chi connectivity index (χ2v) is 6.49. The summed E-state index contributed by atoms with van der Waals surface area (Å²) in [5.41, 5.74) is 5.48. The zero-order chi connectivity index (χ0) is 16.5. The molecule has 2 rings (SSSR count). The van der Waals surface area contributed by atoms with Crippen LogP contribution in [0.4, 0.5) is 0 Å². The lowest BCUT2D eigenvalue weighted by atomic mass is 9.99. The van der Waals surface area contributed by atoms with E-state index in [0.717, 1.165) is 58.0 Å². The molecule has 2 N–H and O–H groups in total. The number of hydrogen-bond donors (Lipinski definition) is 1. The van der Waals surface area contributed by atoms with Gasteiger partial charge in [0.05, 0.1) is 13.2 Å². The average molecular weight is 325 g/mol.